The Kier molecular flexibility index (Phi) is 7.81. The van der Waals surface area contributed by atoms with Crippen molar-refractivity contribution in [3.63, 3.8) is 0 Å². The molecule has 1 aliphatic heterocycles. The van der Waals surface area contributed by atoms with E-state index in [0.717, 1.165) is 5.56 Å². The maximum atomic E-state index is 6.20. The van der Waals surface area contributed by atoms with Crippen molar-refractivity contribution in [2.45, 2.75) is 72.1 Å². The van der Waals surface area contributed by atoms with Gasteiger partial charge in [-0.15, -0.1) is 0 Å². The maximum Gasteiger partial charge on any atom is 0.259 e. The zero-order chi connectivity index (χ0) is 18.4. The van der Waals surface area contributed by atoms with E-state index in [1.54, 1.807) is 0 Å². The number of hydrogen-bond acceptors (Lipinski definition) is 5. The fourth-order valence-electron chi connectivity index (χ4n) is 2.84. The second-order valence-electron chi connectivity index (χ2n) is 7.31. The molecule has 1 aromatic carbocycles. The molecule has 142 valence electrons. The molecule has 0 N–H and O–H groups in total. The summed E-state index contributed by atoms with van der Waals surface area (Å²) in [5, 5.41) is 0. The SMILES string of the molecule is CC(C)N(C(C)C)P(OCc1ccccc1)OC[C@@H]1COC(C)(C)O1. The van der Waals surface area contributed by atoms with Gasteiger partial charge in [0.1, 0.15) is 6.10 Å². The molecule has 0 radical (unpaired) electrons. The van der Waals surface area contributed by atoms with Gasteiger partial charge in [-0.1, -0.05) is 30.3 Å². The minimum atomic E-state index is -1.18. The summed E-state index contributed by atoms with van der Waals surface area (Å²) in [6.07, 6.45) is -0.0542. The van der Waals surface area contributed by atoms with Gasteiger partial charge in [0.25, 0.3) is 8.53 Å². The van der Waals surface area contributed by atoms with Crippen molar-refractivity contribution < 1.29 is 18.5 Å². The van der Waals surface area contributed by atoms with E-state index in [2.05, 4.69) is 44.5 Å². The third-order valence-electron chi connectivity index (χ3n) is 3.87. The van der Waals surface area contributed by atoms with Crippen LogP contribution in [-0.2, 0) is 25.1 Å². The van der Waals surface area contributed by atoms with Crippen LogP contribution in [0.3, 0.4) is 0 Å². The molecule has 1 heterocycles. The normalized spacial score (nSPS) is 21.4. The van der Waals surface area contributed by atoms with Gasteiger partial charge in [0.05, 0.1) is 19.8 Å². The molecule has 2 rings (SSSR count). The Morgan fingerprint density at radius 2 is 1.76 bits per heavy atom. The number of ether oxygens (including phenoxy) is 2. The fraction of sp³-hybridized carbons (Fsp3) is 0.684. The Balaban J connectivity index is 1.98. The number of rotatable bonds is 9. The third-order valence-corrected chi connectivity index (χ3v) is 5.89. The van der Waals surface area contributed by atoms with E-state index < -0.39 is 14.3 Å². The van der Waals surface area contributed by atoms with Crippen LogP contribution in [-0.4, -0.2) is 41.9 Å². The monoisotopic (exact) mass is 369 g/mol. The molecule has 0 aliphatic carbocycles. The summed E-state index contributed by atoms with van der Waals surface area (Å²) >= 11 is 0. The van der Waals surface area contributed by atoms with Crippen molar-refractivity contribution in [1.82, 2.24) is 4.67 Å². The molecule has 1 aliphatic rings. The smallest absolute Gasteiger partial charge is 0.259 e. The van der Waals surface area contributed by atoms with E-state index in [4.69, 9.17) is 18.5 Å². The highest BCUT2D eigenvalue weighted by atomic mass is 31.2. The Hall–Kier alpha value is -0.550. The van der Waals surface area contributed by atoms with Gasteiger partial charge in [-0.25, -0.2) is 4.67 Å². The van der Waals surface area contributed by atoms with E-state index in [1.807, 2.05) is 32.0 Å². The molecule has 1 aromatic rings. The van der Waals surface area contributed by atoms with Crippen molar-refractivity contribution in [2.24, 2.45) is 0 Å². The Morgan fingerprint density at radius 1 is 1.12 bits per heavy atom. The molecule has 0 saturated carbocycles. The summed E-state index contributed by atoms with van der Waals surface area (Å²) in [4.78, 5) is 0. The van der Waals surface area contributed by atoms with Crippen LogP contribution in [0, 0.1) is 0 Å². The molecular formula is C19H32NO4P. The van der Waals surface area contributed by atoms with Crippen LogP contribution in [0.4, 0.5) is 0 Å². The average Bonchev–Trinajstić information content (AvgIpc) is 2.89. The van der Waals surface area contributed by atoms with E-state index in [0.29, 0.717) is 31.9 Å². The number of nitrogens with zero attached hydrogens (tertiary/aromatic N) is 1. The molecule has 2 atom stereocenters. The second-order valence-corrected chi connectivity index (χ2v) is 8.76. The summed E-state index contributed by atoms with van der Waals surface area (Å²) in [6.45, 7) is 14.1. The zero-order valence-corrected chi connectivity index (χ0v) is 17.2. The molecule has 0 spiro atoms. The van der Waals surface area contributed by atoms with Crippen LogP contribution >= 0.6 is 8.53 Å². The highest BCUT2D eigenvalue weighted by molar-refractivity contribution is 7.44. The van der Waals surface area contributed by atoms with Crippen molar-refractivity contribution in [2.75, 3.05) is 13.2 Å². The lowest BCUT2D eigenvalue weighted by atomic mass is 10.2. The number of benzene rings is 1. The molecule has 25 heavy (non-hydrogen) atoms. The first-order valence-corrected chi connectivity index (χ1v) is 10.1. The van der Waals surface area contributed by atoms with Gasteiger partial charge < -0.3 is 18.5 Å². The van der Waals surface area contributed by atoms with E-state index in [9.17, 15) is 0 Å². The minimum absolute atomic E-state index is 0.0542. The predicted molar refractivity (Wildman–Crippen MR) is 101 cm³/mol. The highest BCUT2D eigenvalue weighted by Crippen LogP contribution is 2.47. The lowest BCUT2D eigenvalue weighted by Gasteiger charge is -2.36. The highest BCUT2D eigenvalue weighted by Gasteiger charge is 2.35. The molecule has 0 bridgehead atoms. The van der Waals surface area contributed by atoms with Gasteiger partial charge >= 0.3 is 0 Å². The minimum Gasteiger partial charge on any atom is -0.348 e. The van der Waals surface area contributed by atoms with Gasteiger partial charge in [0.2, 0.25) is 0 Å². The molecule has 5 nitrogen and oxygen atoms in total. The van der Waals surface area contributed by atoms with E-state index >= 15 is 0 Å². The Labute approximate surface area is 153 Å². The van der Waals surface area contributed by atoms with Crippen molar-refractivity contribution >= 4 is 8.53 Å². The molecular weight excluding hydrogens is 337 g/mol. The summed E-state index contributed by atoms with van der Waals surface area (Å²) in [5.74, 6) is -0.530. The van der Waals surface area contributed by atoms with Crippen LogP contribution in [0.1, 0.15) is 47.1 Å². The van der Waals surface area contributed by atoms with E-state index in [-0.39, 0.29) is 6.10 Å². The zero-order valence-electron chi connectivity index (χ0n) is 16.3. The first kappa shape index (κ1) is 20.8. The maximum absolute atomic E-state index is 6.20. The molecule has 0 aromatic heterocycles. The summed E-state index contributed by atoms with van der Waals surface area (Å²) in [6, 6.07) is 10.9. The quantitative estimate of drug-likeness (QED) is 0.589. The summed E-state index contributed by atoms with van der Waals surface area (Å²) < 4.78 is 26.1. The largest absolute Gasteiger partial charge is 0.348 e. The van der Waals surface area contributed by atoms with Crippen molar-refractivity contribution in [3.05, 3.63) is 35.9 Å². The summed E-state index contributed by atoms with van der Waals surface area (Å²) in [7, 11) is -1.18. The molecule has 6 heteroatoms. The second kappa shape index (κ2) is 9.40. The molecule has 0 amide bonds. The predicted octanol–water partition coefficient (Wildman–Crippen LogP) is 4.72. The molecule has 1 saturated heterocycles. The third kappa shape index (κ3) is 6.59. The van der Waals surface area contributed by atoms with Crippen LogP contribution < -0.4 is 0 Å². The van der Waals surface area contributed by atoms with Crippen LogP contribution in [0.2, 0.25) is 0 Å². The fourth-order valence-corrected chi connectivity index (χ4v) is 4.49. The lowest BCUT2D eigenvalue weighted by molar-refractivity contribution is -0.141. The van der Waals surface area contributed by atoms with Gasteiger partial charge in [-0.3, -0.25) is 0 Å². The molecule has 1 fully saturated rings. The number of hydrogen-bond donors (Lipinski definition) is 0. The Bertz CT molecular complexity index is 501. The molecule has 1 unspecified atom stereocenters. The summed E-state index contributed by atoms with van der Waals surface area (Å²) in [5.41, 5.74) is 1.15. The van der Waals surface area contributed by atoms with Gasteiger partial charge in [-0.05, 0) is 47.1 Å². The van der Waals surface area contributed by atoms with Crippen LogP contribution in [0.25, 0.3) is 0 Å². The van der Waals surface area contributed by atoms with Gasteiger partial charge in [0.15, 0.2) is 5.79 Å². The van der Waals surface area contributed by atoms with Gasteiger partial charge in [-0.2, -0.15) is 0 Å². The first-order valence-electron chi connectivity index (χ1n) is 8.98. The van der Waals surface area contributed by atoms with Crippen molar-refractivity contribution in [1.29, 1.82) is 0 Å². The Morgan fingerprint density at radius 3 is 2.28 bits per heavy atom. The first-order chi connectivity index (χ1) is 11.8. The standard InChI is InChI=1S/C19H32NO4P/c1-15(2)20(16(3)4)25(22-12-17-10-8-7-9-11-17)23-14-18-13-21-19(5,6)24-18/h7-11,15-16,18H,12-14H2,1-6H3/t18-,25?/m0/s1. The van der Waals surface area contributed by atoms with E-state index in [1.165, 1.54) is 0 Å². The van der Waals surface area contributed by atoms with Gasteiger partial charge in [0, 0.05) is 12.1 Å². The average molecular weight is 369 g/mol. The van der Waals surface area contributed by atoms with Crippen LogP contribution in [0.5, 0.6) is 0 Å². The van der Waals surface area contributed by atoms with Crippen molar-refractivity contribution in [3.8, 4) is 0 Å². The van der Waals surface area contributed by atoms with Crippen LogP contribution in [0.15, 0.2) is 30.3 Å². The lowest BCUT2D eigenvalue weighted by Crippen LogP contribution is -2.34. The topological polar surface area (TPSA) is 40.2 Å².